The molecule has 1 aromatic rings. The Morgan fingerprint density at radius 3 is 2.38 bits per heavy atom. The summed E-state index contributed by atoms with van der Waals surface area (Å²) in [6.07, 6.45) is 6.32. The van der Waals surface area contributed by atoms with Crippen molar-refractivity contribution in [2.45, 2.75) is 84.4 Å². The average Bonchev–Trinajstić information content (AvgIpc) is 2.63. The highest BCUT2D eigenvalue weighted by Gasteiger charge is 2.25. The topological polar surface area (TPSA) is 87.6 Å². The van der Waals surface area contributed by atoms with Crippen molar-refractivity contribution in [2.24, 2.45) is 4.99 Å². The molecule has 0 bridgehead atoms. The lowest BCUT2D eigenvalue weighted by atomic mass is 9.91. The smallest absolute Gasteiger partial charge is 0.407 e. The number of carbonyl (C=O) groups excluding carboxylic acids is 1. The van der Waals surface area contributed by atoms with Gasteiger partial charge in [-0.25, -0.2) is 4.79 Å². The van der Waals surface area contributed by atoms with E-state index in [-0.39, 0.29) is 12.1 Å². The van der Waals surface area contributed by atoms with Crippen LogP contribution in [0.2, 0.25) is 0 Å². The molecule has 3 N–H and O–H groups in total. The first-order valence-corrected chi connectivity index (χ1v) is 10.7. The number of aliphatic imine (C=N–C) groups is 1. The van der Waals surface area contributed by atoms with E-state index in [0.29, 0.717) is 6.04 Å². The van der Waals surface area contributed by atoms with Crippen LogP contribution in [-0.4, -0.2) is 47.8 Å². The summed E-state index contributed by atoms with van der Waals surface area (Å²) in [4.78, 5) is 21.0. The molecule has 1 heterocycles. The molecule has 0 saturated heterocycles. The quantitative estimate of drug-likeness (QED) is 0.501. The first kappa shape index (κ1) is 23.0. The van der Waals surface area contributed by atoms with Gasteiger partial charge in [0.1, 0.15) is 5.60 Å². The van der Waals surface area contributed by atoms with Gasteiger partial charge in [0.15, 0.2) is 5.96 Å². The molecule has 29 heavy (non-hydrogen) atoms. The Labute approximate surface area is 175 Å². The number of aromatic nitrogens is 1. The highest BCUT2D eigenvalue weighted by atomic mass is 16.6. The summed E-state index contributed by atoms with van der Waals surface area (Å²) < 4.78 is 5.35. The van der Waals surface area contributed by atoms with Gasteiger partial charge in [0.25, 0.3) is 0 Å². The molecule has 0 aliphatic heterocycles. The van der Waals surface area contributed by atoms with Crippen molar-refractivity contribution < 1.29 is 9.53 Å². The standard InChI is InChI=1S/C22H37N5O2/c1-6-23-20(24-14-13-17-8-7-16(2)25-15-17)26-18-9-11-19(12-10-18)27-21(28)29-22(3,4)5/h7-8,15,18-19H,6,9-14H2,1-5H3,(H,27,28)(H2,23,24,26). The zero-order valence-corrected chi connectivity index (χ0v) is 18.5. The lowest BCUT2D eigenvalue weighted by Crippen LogP contribution is -2.48. The number of alkyl carbamates (subject to hydrolysis) is 1. The van der Waals surface area contributed by atoms with Crippen LogP contribution in [0.25, 0.3) is 0 Å². The minimum atomic E-state index is -0.464. The molecule has 0 aromatic carbocycles. The summed E-state index contributed by atoms with van der Waals surface area (Å²) in [6, 6.07) is 4.69. The van der Waals surface area contributed by atoms with Crippen molar-refractivity contribution in [3.05, 3.63) is 29.6 Å². The van der Waals surface area contributed by atoms with E-state index in [4.69, 9.17) is 9.73 Å². The van der Waals surface area contributed by atoms with Gasteiger partial charge in [0.2, 0.25) is 0 Å². The van der Waals surface area contributed by atoms with Crippen molar-refractivity contribution in [2.75, 3.05) is 13.1 Å². The number of nitrogens with zero attached hydrogens (tertiary/aromatic N) is 2. The Balaban J connectivity index is 1.76. The predicted octanol–water partition coefficient (Wildman–Crippen LogP) is 3.32. The van der Waals surface area contributed by atoms with Crippen LogP contribution in [0.4, 0.5) is 4.79 Å². The second kappa shape index (κ2) is 11.0. The molecule has 0 spiro atoms. The number of hydrogen-bond donors (Lipinski definition) is 3. The maximum absolute atomic E-state index is 11.9. The van der Waals surface area contributed by atoms with Crippen LogP contribution >= 0.6 is 0 Å². The monoisotopic (exact) mass is 403 g/mol. The molecule has 1 amide bonds. The van der Waals surface area contributed by atoms with E-state index in [0.717, 1.165) is 56.8 Å². The van der Waals surface area contributed by atoms with E-state index >= 15 is 0 Å². The third-order valence-corrected chi connectivity index (χ3v) is 4.78. The fourth-order valence-electron chi connectivity index (χ4n) is 3.31. The van der Waals surface area contributed by atoms with Crippen molar-refractivity contribution in [1.29, 1.82) is 0 Å². The summed E-state index contributed by atoms with van der Waals surface area (Å²) in [7, 11) is 0. The molecule has 7 heteroatoms. The van der Waals surface area contributed by atoms with E-state index in [9.17, 15) is 4.79 Å². The first-order chi connectivity index (χ1) is 13.7. The van der Waals surface area contributed by atoms with Gasteiger partial charge < -0.3 is 20.7 Å². The number of ether oxygens (including phenoxy) is 1. The van der Waals surface area contributed by atoms with Crippen molar-refractivity contribution in [1.82, 2.24) is 20.9 Å². The van der Waals surface area contributed by atoms with Crippen LogP contribution < -0.4 is 16.0 Å². The first-order valence-electron chi connectivity index (χ1n) is 10.7. The molecule has 1 aromatic heterocycles. The molecule has 162 valence electrons. The average molecular weight is 404 g/mol. The molecule has 1 saturated carbocycles. The largest absolute Gasteiger partial charge is 0.444 e. The fraction of sp³-hybridized carbons (Fsp3) is 0.682. The Morgan fingerprint density at radius 1 is 1.17 bits per heavy atom. The number of hydrogen-bond acceptors (Lipinski definition) is 4. The normalized spacial score (nSPS) is 20.1. The summed E-state index contributed by atoms with van der Waals surface area (Å²) in [5.74, 6) is 0.858. The number of guanidine groups is 1. The number of rotatable bonds is 6. The highest BCUT2D eigenvalue weighted by molar-refractivity contribution is 5.80. The van der Waals surface area contributed by atoms with Gasteiger partial charge in [-0.1, -0.05) is 6.07 Å². The van der Waals surface area contributed by atoms with Crippen LogP contribution in [0.15, 0.2) is 23.3 Å². The van der Waals surface area contributed by atoms with Crippen LogP contribution in [0, 0.1) is 6.92 Å². The van der Waals surface area contributed by atoms with Crippen LogP contribution in [0.5, 0.6) is 0 Å². The SMILES string of the molecule is CCNC(=NCCc1ccc(C)nc1)NC1CCC(NC(=O)OC(C)(C)C)CC1. The third-order valence-electron chi connectivity index (χ3n) is 4.78. The molecule has 1 aliphatic carbocycles. The van der Waals surface area contributed by atoms with E-state index in [2.05, 4.69) is 33.9 Å². The highest BCUT2D eigenvalue weighted by Crippen LogP contribution is 2.19. The molecule has 0 unspecified atom stereocenters. The molecular formula is C22H37N5O2. The van der Waals surface area contributed by atoms with Gasteiger partial charge in [-0.3, -0.25) is 9.98 Å². The minimum absolute atomic E-state index is 0.177. The molecule has 1 fully saturated rings. The van der Waals surface area contributed by atoms with Crippen molar-refractivity contribution >= 4 is 12.1 Å². The fourth-order valence-corrected chi connectivity index (χ4v) is 3.31. The molecule has 7 nitrogen and oxygen atoms in total. The van der Waals surface area contributed by atoms with Gasteiger partial charge in [-0.15, -0.1) is 0 Å². The van der Waals surface area contributed by atoms with Crippen LogP contribution in [-0.2, 0) is 11.2 Å². The number of nitrogens with one attached hydrogen (secondary N) is 3. The lowest BCUT2D eigenvalue weighted by Gasteiger charge is -2.31. The molecule has 1 aliphatic rings. The van der Waals surface area contributed by atoms with Crippen molar-refractivity contribution in [3.8, 4) is 0 Å². The van der Waals surface area contributed by atoms with E-state index in [1.54, 1.807) is 0 Å². The van der Waals surface area contributed by atoms with Gasteiger partial charge in [-0.2, -0.15) is 0 Å². The predicted molar refractivity (Wildman–Crippen MR) is 117 cm³/mol. The Kier molecular flexibility index (Phi) is 8.73. The van der Waals surface area contributed by atoms with E-state index in [1.165, 1.54) is 5.56 Å². The Hall–Kier alpha value is -2.31. The zero-order valence-electron chi connectivity index (χ0n) is 18.5. The zero-order chi connectivity index (χ0) is 21.3. The molecule has 2 rings (SSSR count). The van der Waals surface area contributed by atoms with Gasteiger partial charge in [0.05, 0.1) is 0 Å². The third kappa shape index (κ3) is 9.15. The number of pyridine rings is 1. The second-order valence-corrected chi connectivity index (χ2v) is 8.66. The Bertz CT molecular complexity index is 659. The number of aryl methyl sites for hydroxylation is 1. The van der Waals surface area contributed by atoms with Gasteiger partial charge in [0, 0.05) is 37.1 Å². The molecule has 0 atom stereocenters. The minimum Gasteiger partial charge on any atom is -0.444 e. The summed E-state index contributed by atoms with van der Waals surface area (Å²) in [6.45, 7) is 11.2. The molecule has 0 radical (unpaired) electrons. The summed E-state index contributed by atoms with van der Waals surface area (Å²) >= 11 is 0. The van der Waals surface area contributed by atoms with E-state index < -0.39 is 5.60 Å². The lowest BCUT2D eigenvalue weighted by molar-refractivity contribution is 0.0490. The summed E-state index contributed by atoms with van der Waals surface area (Å²) in [5.41, 5.74) is 1.77. The van der Waals surface area contributed by atoms with Crippen molar-refractivity contribution in [3.63, 3.8) is 0 Å². The van der Waals surface area contributed by atoms with Gasteiger partial charge >= 0.3 is 6.09 Å². The number of amides is 1. The van der Waals surface area contributed by atoms with Crippen LogP contribution in [0.3, 0.4) is 0 Å². The maximum Gasteiger partial charge on any atom is 0.407 e. The maximum atomic E-state index is 11.9. The second-order valence-electron chi connectivity index (χ2n) is 8.66. The number of carbonyl (C=O) groups is 1. The van der Waals surface area contributed by atoms with E-state index in [1.807, 2.05) is 40.0 Å². The molecular weight excluding hydrogens is 366 g/mol. The Morgan fingerprint density at radius 2 is 1.83 bits per heavy atom. The summed E-state index contributed by atoms with van der Waals surface area (Å²) in [5, 5.41) is 9.86. The van der Waals surface area contributed by atoms with Crippen LogP contribution in [0.1, 0.15) is 64.6 Å². The van der Waals surface area contributed by atoms with Gasteiger partial charge in [-0.05, 0) is 78.4 Å².